The highest BCUT2D eigenvalue weighted by Gasteiger charge is 2.52. The number of carbonyl (C=O) groups excluding carboxylic acids is 2. The summed E-state index contributed by atoms with van der Waals surface area (Å²) in [6.45, 7) is 6.32. The Bertz CT molecular complexity index is 1160. The van der Waals surface area contributed by atoms with Gasteiger partial charge in [-0.2, -0.15) is 0 Å². The molecule has 220 valence electrons. The van der Waals surface area contributed by atoms with Gasteiger partial charge in [0.05, 0.1) is 26.4 Å². The van der Waals surface area contributed by atoms with Gasteiger partial charge in [-0.25, -0.2) is 4.79 Å². The smallest absolute Gasteiger partial charge is 0.407 e. The number of ether oxygens (including phenoxy) is 1. The van der Waals surface area contributed by atoms with Crippen molar-refractivity contribution in [1.82, 2.24) is 10.6 Å². The summed E-state index contributed by atoms with van der Waals surface area (Å²) >= 11 is 0. The largest absolute Gasteiger partial charge is 0.449 e. The fraction of sp³-hybridized carbons (Fsp3) is 0.481. The van der Waals surface area contributed by atoms with E-state index in [2.05, 4.69) is 10.6 Å². The Morgan fingerprint density at radius 2 is 1.23 bits per heavy atom. The van der Waals surface area contributed by atoms with Crippen LogP contribution in [0, 0.1) is 0 Å². The van der Waals surface area contributed by atoms with Crippen LogP contribution < -0.4 is 10.6 Å². The van der Waals surface area contributed by atoms with Crippen molar-refractivity contribution < 1.29 is 41.6 Å². The summed E-state index contributed by atoms with van der Waals surface area (Å²) in [5.41, 5.74) is 2.73. The number of fused-ring (bicyclic) bond motifs is 3. The van der Waals surface area contributed by atoms with Gasteiger partial charge in [0.15, 0.2) is 0 Å². The summed E-state index contributed by atoms with van der Waals surface area (Å²) in [5.74, 6) is -0.761. The number of hydrogen-bond acceptors (Lipinski definition) is 9. The Morgan fingerprint density at radius 1 is 0.775 bits per heavy atom. The SMILES string of the molecule is CCOP(=O)(OCC)C(NC(=O)CCNC(=O)OCC1c2ccccc2-c2ccccc21)P(=O)(OCC)OCC. The molecule has 0 fully saturated rings. The van der Waals surface area contributed by atoms with E-state index in [1.54, 1.807) is 27.7 Å². The number of rotatable bonds is 16. The van der Waals surface area contributed by atoms with E-state index in [-0.39, 0.29) is 51.9 Å². The lowest BCUT2D eigenvalue weighted by Gasteiger charge is -2.31. The minimum absolute atomic E-state index is 0.0226. The van der Waals surface area contributed by atoms with Gasteiger partial charge in [0, 0.05) is 18.9 Å². The van der Waals surface area contributed by atoms with Gasteiger partial charge in [0.2, 0.25) is 11.4 Å². The second-order valence-corrected chi connectivity index (χ2v) is 13.3. The lowest BCUT2D eigenvalue weighted by molar-refractivity contribution is -0.121. The van der Waals surface area contributed by atoms with E-state index >= 15 is 0 Å². The van der Waals surface area contributed by atoms with Crippen molar-refractivity contribution in [1.29, 1.82) is 0 Å². The number of alkyl carbamates (subject to hydrolysis) is 1. The molecule has 1 aliphatic rings. The van der Waals surface area contributed by atoms with Crippen LogP contribution >= 0.6 is 15.2 Å². The fourth-order valence-corrected chi connectivity index (χ4v) is 9.50. The van der Waals surface area contributed by atoms with Crippen molar-refractivity contribution in [2.75, 3.05) is 39.6 Å². The van der Waals surface area contributed by atoms with Gasteiger partial charge in [-0.3, -0.25) is 13.9 Å². The topological polar surface area (TPSA) is 138 Å². The second-order valence-electron chi connectivity index (χ2n) is 8.69. The third kappa shape index (κ3) is 7.60. The van der Waals surface area contributed by atoms with E-state index in [0.717, 1.165) is 22.3 Å². The summed E-state index contributed by atoms with van der Waals surface area (Å²) in [7, 11) is -8.30. The molecular formula is C27H38N2O9P2. The van der Waals surface area contributed by atoms with E-state index in [1.807, 2.05) is 48.5 Å². The minimum atomic E-state index is -4.15. The van der Waals surface area contributed by atoms with Gasteiger partial charge in [-0.05, 0) is 49.9 Å². The monoisotopic (exact) mass is 596 g/mol. The molecule has 0 aliphatic heterocycles. The molecule has 2 aromatic rings. The van der Waals surface area contributed by atoms with Gasteiger partial charge < -0.3 is 33.5 Å². The zero-order valence-electron chi connectivity index (χ0n) is 23.3. The number of carbonyl (C=O) groups is 2. The maximum absolute atomic E-state index is 13.5. The lowest BCUT2D eigenvalue weighted by Crippen LogP contribution is -2.39. The van der Waals surface area contributed by atoms with Crippen LogP contribution in [0.25, 0.3) is 11.1 Å². The molecule has 1 aliphatic carbocycles. The molecule has 2 aromatic carbocycles. The van der Waals surface area contributed by atoms with Crippen LogP contribution in [-0.4, -0.2) is 57.1 Å². The van der Waals surface area contributed by atoms with Crippen molar-refractivity contribution in [3.05, 3.63) is 59.7 Å². The van der Waals surface area contributed by atoms with E-state index in [0.29, 0.717) is 0 Å². The first-order valence-electron chi connectivity index (χ1n) is 13.4. The van der Waals surface area contributed by atoms with Crippen molar-refractivity contribution in [3.8, 4) is 11.1 Å². The Labute approximate surface area is 235 Å². The van der Waals surface area contributed by atoms with Crippen LogP contribution in [0.4, 0.5) is 4.79 Å². The molecule has 40 heavy (non-hydrogen) atoms. The van der Waals surface area contributed by atoms with E-state index < -0.39 is 32.7 Å². The van der Waals surface area contributed by atoms with Crippen molar-refractivity contribution >= 4 is 27.2 Å². The first kappa shape index (κ1) is 32.0. The van der Waals surface area contributed by atoms with Gasteiger partial charge >= 0.3 is 21.3 Å². The molecular weight excluding hydrogens is 558 g/mol. The molecule has 0 radical (unpaired) electrons. The maximum Gasteiger partial charge on any atom is 0.407 e. The van der Waals surface area contributed by atoms with E-state index in [9.17, 15) is 18.7 Å². The standard InChI is InChI=1S/C27H38N2O9P2/c1-5-35-39(32,36-6-2)27(40(33,37-7-3)38-8-4)29-25(30)17-18-28-26(31)34-19-24-22-15-11-9-13-20(22)21-14-10-12-16-23(21)24/h9-16,24,27H,5-8,17-19H2,1-4H3,(H,28,31)(H,29,30). The van der Waals surface area contributed by atoms with Crippen LogP contribution in [0.5, 0.6) is 0 Å². The average Bonchev–Trinajstić information content (AvgIpc) is 3.24. The molecule has 2 amide bonds. The molecule has 13 heteroatoms. The van der Waals surface area contributed by atoms with Crippen LogP contribution in [0.3, 0.4) is 0 Å². The number of nitrogens with one attached hydrogen (secondary N) is 2. The Balaban J connectivity index is 1.60. The van der Waals surface area contributed by atoms with Crippen molar-refractivity contribution in [3.63, 3.8) is 0 Å². The Hall–Kier alpha value is -2.52. The summed E-state index contributed by atoms with van der Waals surface area (Å²) in [6, 6.07) is 16.0. The highest BCUT2D eigenvalue weighted by Crippen LogP contribution is 2.69. The van der Waals surface area contributed by atoms with E-state index in [4.69, 9.17) is 22.8 Å². The first-order valence-corrected chi connectivity index (χ1v) is 16.6. The highest BCUT2D eigenvalue weighted by molar-refractivity contribution is 7.72. The van der Waals surface area contributed by atoms with E-state index in [1.165, 1.54) is 0 Å². The molecule has 3 rings (SSSR count). The lowest BCUT2D eigenvalue weighted by atomic mass is 9.98. The molecule has 0 aromatic heterocycles. The molecule has 0 unspecified atom stereocenters. The molecule has 0 spiro atoms. The van der Waals surface area contributed by atoms with Crippen LogP contribution in [-0.2, 0) is 36.8 Å². The summed E-state index contributed by atoms with van der Waals surface area (Å²) in [5, 5.41) is 5.00. The Morgan fingerprint density at radius 3 is 1.68 bits per heavy atom. The molecule has 0 bridgehead atoms. The highest BCUT2D eigenvalue weighted by atomic mass is 31.2. The summed E-state index contributed by atoms with van der Waals surface area (Å²) in [4.78, 5) is 25.3. The maximum atomic E-state index is 13.5. The Kier molecular flexibility index (Phi) is 11.9. The summed E-state index contributed by atoms with van der Waals surface area (Å²) in [6.07, 6.45) is -0.910. The predicted octanol–water partition coefficient (Wildman–Crippen LogP) is 5.85. The van der Waals surface area contributed by atoms with Crippen molar-refractivity contribution in [2.24, 2.45) is 0 Å². The predicted molar refractivity (Wildman–Crippen MR) is 151 cm³/mol. The van der Waals surface area contributed by atoms with Gasteiger partial charge in [0.25, 0.3) is 0 Å². The number of hydrogen-bond donors (Lipinski definition) is 2. The fourth-order valence-electron chi connectivity index (χ4n) is 4.55. The van der Waals surface area contributed by atoms with Crippen LogP contribution in [0.2, 0.25) is 0 Å². The van der Waals surface area contributed by atoms with Gasteiger partial charge in [-0.1, -0.05) is 48.5 Å². The molecule has 0 saturated carbocycles. The number of benzene rings is 2. The number of amides is 2. The van der Waals surface area contributed by atoms with Gasteiger partial charge in [-0.15, -0.1) is 0 Å². The molecule has 0 heterocycles. The minimum Gasteiger partial charge on any atom is -0.449 e. The zero-order chi connectivity index (χ0) is 29.2. The average molecular weight is 597 g/mol. The third-order valence-electron chi connectivity index (χ3n) is 6.09. The zero-order valence-corrected chi connectivity index (χ0v) is 25.1. The molecule has 2 N–H and O–H groups in total. The first-order chi connectivity index (χ1) is 19.2. The molecule has 11 nitrogen and oxygen atoms in total. The van der Waals surface area contributed by atoms with Crippen molar-refractivity contribution in [2.45, 2.75) is 45.6 Å². The normalized spacial score (nSPS) is 13.1. The molecule has 0 saturated heterocycles. The second kappa shape index (κ2) is 14.9. The quantitative estimate of drug-likeness (QED) is 0.229. The van der Waals surface area contributed by atoms with Gasteiger partial charge in [0.1, 0.15) is 6.61 Å². The van der Waals surface area contributed by atoms with Crippen LogP contribution in [0.1, 0.15) is 51.2 Å². The molecule has 0 atom stereocenters. The third-order valence-corrected chi connectivity index (χ3v) is 11.7. The van der Waals surface area contributed by atoms with Crippen LogP contribution in [0.15, 0.2) is 48.5 Å². The summed E-state index contributed by atoms with van der Waals surface area (Å²) < 4.78 is 53.9.